The number of amides is 1. The van der Waals surface area contributed by atoms with Crippen molar-refractivity contribution in [3.05, 3.63) is 52.4 Å². The maximum atomic E-state index is 12.6. The van der Waals surface area contributed by atoms with E-state index in [2.05, 4.69) is 34.5 Å². The molecule has 1 saturated heterocycles. The lowest BCUT2D eigenvalue weighted by Crippen LogP contribution is -2.28. The quantitative estimate of drug-likeness (QED) is 0.785. The Labute approximate surface area is 152 Å². The normalized spacial score (nSPS) is 17.9. The zero-order valence-electron chi connectivity index (χ0n) is 15.0. The van der Waals surface area contributed by atoms with E-state index in [1.165, 1.54) is 11.8 Å². The molecule has 0 N–H and O–H groups in total. The van der Waals surface area contributed by atoms with Gasteiger partial charge < -0.3 is 4.57 Å². The lowest BCUT2D eigenvalue weighted by molar-refractivity contribution is -0.122. The molecule has 0 atom stereocenters. The molecule has 0 aliphatic carbocycles. The molecule has 0 saturated carbocycles. The fourth-order valence-electron chi connectivity index (χ4n) is 3.00. The van der Waals surface area contributed by atoms with Gasteiger partial charge in [0.1, 0.15) is 0 Å². The first-order valence-electron chi connectivity index (χ1n) is 8.42. The molecule has 25 heavy (non-hydrogen) atoms. The van der Waals surface area contributed by atoms with E-state index in [1.54, 1.807) is 11.1 Å². The summed E-state index contributed by atoms with van der Waals surface area (Å²) in [6, 6.07) is 6.06. The summed E-state index contributed by atoms with van der Waals surface area (Å²) < 4.78 is 2.15. The van der Waals surface area contributed by atoms with Gasteiger partial charge in [0, 0.05) is 30.7 Å². The fourth-order valence-corrected chi connectivity index (χ4v) is 4.09. The molecule has 1 amide bonds. The van der Waals surface area contributed by atoms with Crippen LogP contribution in [0.15, 0.2) is 40.5 Å². The molecule has 6 heteroatoms. The summed E-state index contributed by atoms with van der Waals surface area (Å²) in [5.41, 5.74) is 4.28. The van der Waals surface area contributed by atoms with Crippen molar-refractivity contribution in [3.8, 4) is 5.69 Å². The van der Waals surface area contributed by atoms with Gasteiger partial charge in [0.15, 0.2) is 5.17 Å². The highest BCUT2D eigenvalue weighted by molar-refractivity contribution is 8.18. The number of aryl methyl sites for hydroxylation is 1. The minimum Gasteiger partial charge on any atom is -0.316 e. The molecule has 5 nitrogen and oxygen atoms in total. The Kier molecular flexibility index (Phi) is 5.08. The van der Waals surface area contributed by atoms with Crippen LogP contribution in [0.4, 0.5) is 0 Å². The maximum absolute atomic E-state index is 12.6. The van der Waals surface area contributed by atoms with E-state index in [1.807, 2.05) is 38.3 Å². The molecular weight excluding hydrogens is 332 g/mol. The van der Waals surface area contributed by atoms with E-state index in [0.29, 0.717) is 13.1 Å². The lowest BCUT2D eigenvalue weighted by atomic mass is 10.2. The standard InChI is InChI=1S/C19H22N4OS/c1-5-21-19-22(6-2)18(24)17(25-19)11-15-10-13(3)23(14(15)4)16-8-7-9-20-12-16/h7-12H,5-6H2,1-4H3/b17-11-,21-19?. The topological polar surface area (TPSA) is 50.5 Å². The summed E-state index contributed by atoms with van der Waals surface area (Å²) >= 11 is 1.46. The van der Waals surface area contributed by atoms with Crippen LogP contribution in [0.1, 0.15) is 30.8 Å². The van der Waals surface area contributed by atoms with Gasteiger partial charge in [0.05, 0.1) is 16.8 Å². The molecule has 0 radical (unpaired) electrons. The van der Waals surface area contributed by atoms with Crippen LogP contribution in [-0.4, -0.2) is 38.6 Å². The predicted molar refractivity (Wildman–Crippen MR) is 104 cm³/mol. The number of aromatic nitrogens is 2. The molecule has 0 spiro atoms. The number of hydrogen-bond donors (Lipinski definition) is 0. The number of nitrogens with zero attached hydrogens (tertiary/aromatic N) is 4. The van der Waals surface area contributed by atoms with Crippen LogP contribution in [0, 0.1) is 13.8 Å². The SMILES string of the molecule is CCN=C1S/C(=C\c2cc(C)n(-c3cccnc3)c2C)C(=O)N1CC. The predicted octanol–water partition coefficient (Wildman–Crippen LogP) is 3.80. The first-order valence-corrected chi connectivity index (χ1v) is 9.23. The Bertz CT molecular complexity index is 852. The van der Waals surface area contributed by atoms with Crippen molar-refractivity contribution >= 4 is 28.9 Å². The molecule has 130 valence electrons. The Morgan fingerprint density at radius 3 is 2.76 bits per heavy atom. The zero-order chi connectivity index (χ0) is 18.0. The van der Waals surface area contributed by atoms with E-state index in [4.69, 9.17) is 0 Å². The van der Waals surface area contributed by atoms with Crippen LogP contribution in [0.5, 0.6) is 0 Å². The second kappa shape index (κ2) is 7.27. The lowest BCUT2D eigenvalue weighted by Gasteiger charge is -2.11. The van der Waals surface area contributed by atoms with Crippen LogP contribution >= 0.6 is 11.8 Å². The van der Waals surface area contributed by atoms with Gasteiger partial charge in [-0.1, -0.05) is 0 Å². The third kappa shape index (κ3) is 3.26. The highest BCUT2D eigenvalue weighted by Crippen LogP contribution is 2.33. The second-order valence-corrected chi connectivity index (χ2v) is 6.80. The van der Waals surface area contributed by atoms with E-state index in [-0.39, 0.29) is 5.91 Å². The number of likely N-dealkylation sites (N-methyl/N-ethyl adjacent to an activating group) is 1. The average molecular weight is 354 g/mol. The third-order valence-corrected chi connectivity index (χ3v) is 5.20. The van der Waals surface area contributed by atoms with Gasteiger partial charge in [-0.3, -0.25) is 19.7 Å². The Balaban J connectivity index is 2.00. The average Bonchev–Trinajstić information content (AvgIpc) is 3.05. The number of amidine groups is 1. The summed E-state index contributed by atoms with van der Waals surface area (Å²) in [6.45, 7) is 9.39. The van der Waals surface area contributed by atoms with E-state index < -0.39 is 0 Å². The monoisotopic (exact) mass is 354 g/mol. The van der Waals surface area contributed by atoms with Crippen molar-refractivity contribution in [1.29, 1.82) is 0 Å². The molecule has 1 fully saturated rings. The van der Waals surface area contributed by atoms with Gasteiger partial charge in [-0.05, 0) is 69.3 Å². The fraction of sp³-hybridized carbons (Fsp3) is 0.316. The number of thioether (sulfide) groups is 1. The van der Waals surface area contributed by atoms with Crippen LogP contribution in [-0.2, 0) is 4.79 Å². The molecule has 0 unspecified atom stereocenters. The number of hydrogen-bond acceptors (Lipinski definition) is 4. The van der Waals surface area contributed by atoms with Crippen LogP contribution in [0.25, 0.3) is 11.8 Å². The van der Waals surface area contributed by atoms with Gasteiger partial charge in [0.25, 0.3) is 5.91 Å². The molecular formula is C19H22N4OS. The summed E-state index contributed by atoms with van der Waals surface area (Å²) in [4.78, 5) is 23.7. The summed E-state index contributed by atoms with van der Waals surface area (Å²) in [5.74, 6) is 0.0332. The smallest absolute Gasteiger partial charge is 0.266 e. The highest BCUT2D eigenvalue weighted by Gasteiger charge is 2.32. The van der Waals surface area contributed by atoms with Crippen molar-refractivity contribution in [2.24, 2.45) is 4.99 Å². The third-order valence-electron chi connectivity index (χ3n) is 4.16. The van der Waals surface area contributed by atoms with E-state index in [0.717, 1.165) is 32.7 Å². The molecule has 1 aliphatic rings. The van der Waals surface area contributed by atoms with Gasteiger partial charge >= 0.3 is 0 Å². The van der Waals surface area contributed by atoms with Crippen LogP contribution in [0.3, 0.4) is 0 Å². The van der Waals surface area contributed by atoms with E-state index >= 15 is 0 Å². The second-order valence-electron chi connectivity index (χ2n) is 5.79. The minimum atomic E-state index is 0.0332. The van der Waals surface area contributed by atoms with Crippen LogP contribution < -0.4 is 0 Å². The van der Waals surface area contributed by atoms with Crippen molar-refractivity contribution in [2.75, 3.05) is 13.1 Å². The Morgan fingerprint density at radius 2 is 2.12 bits per heavy atom. The number of rotatable bonds is 4. The number of carbonyl (C=O) groups excluding carboxylic acids is 1. The first-order chi connectivity index (χ1) is 12.1. The minimum absolute atomic E-state index is 0.0332. The maximum Gasteiger partial charge on any atom is 0.266 e. The van der Waals surface area contributed by atoms with Crippen LogP contribution in [0.2, 0.25) is 0 Å². The number of aliphatic imine (C=N–C) groups is 1. The van der Waals surface area contributed by atoms with Crippen molar-refractivity contribution < 1.29 is 4.79 Å². The van der Waals surface area contributed by atoms with E-state index in [9.17, 15) is 4.79 Å². The summed E-state index contributed by atoms with van der Waals surface area (Å²) in [6.07, 6.45) is 5.59. The van der Waals surface area contributed by atoms with Gasteiger partial charge in [-0.2, -0.15) is 0 Å². The summed E-state index contributed by atoms with van der Waals surface area (Å²) in [7, 11) is 0. The number of carbonyl (C=O) groups is 1. The molecule has 3 heterocycles. The molecule has 0 aromatic carbocycles. The number of pyridine rings is 1. The zero-order valence-corrected chi connectivity index (χ0v) is 15.8. The van der Waals surface area contributed by atoms with Crippen molar-refractivity contribution in [1.82, 2.24) is 14.5 Å². The van der Waals surface area contributed by atoms with Gasteiger partial charge in [-0.25, -0.2) is 0 Å². The first kappa shape index (κ1) is 17.5. The molecule has 2 aromatic rings. The summed E-state index contributed by atoms with van der Waals surface area (Å²) in [5, 5.41) is 0.794. The van der Waals surface area contributed by atoms with Gasteiger partial charge in [-0.15, -0.1) is 0 Å². The largest absolute Gasteiger partial charge is 0.316 e. The molecule has 2 aromatic heterocycles. The Morgan fingerprint density at radius 1 is 1.32 bits per heavy atom. The van der Waals surface area contributed by atoms with Gasteiger partial charge in [0.2, 0.25) is 0 Å². The van der Waals surface area contributed by atoms with Crippen molar-refractivity contribution in [2.45, 2.75) is 27.7 Å². The molecule has 0 bridgehead atoms. The van der Waals surface area contributed by atoms with Crippen molar-refractivity contribution in [3.63, 3.8) is 0 Å². The molecule has 3 rings (SSSR count). The highest BCUT2D eigenvalue weighted by atomic mass is 32.2. The Hall–Kier alpha value is -2.34. The molecule has 1 aliphatic heterocycles.